The quantitative estimate of drug-likeness (QED) is 0.594. The minimum atomic E-state index is -5.08. The van der Waals surface area contributed by atoms with Crippen molar-refractivity contribution in [2.24, 2.45) is 0 Å². The number of hydrogen-bond acceptors (Lipinski definition) is 7. The molecule has 0 unspecified atom stereocenters. The number of piperidine rings is 1. The van der Waals surface area contributed by atoms with E-state index >= 15 is 0 Å². The number of likely N-dealkylation sites (tertiary alicyclic amines) is 1. The highest BCUT2D eigenvalue weighted by molar-refractivity contribution is 5.93. The van der Waals surface area contributed by atoms with Gasteiger partial charge in [0, 0.05) is 19.6 Å². The molecule has 1 N–H and O–H groups in total. The fourth-order valence-corrected chi connectivity index (χ4v) is 4.43. The molecular formula is C21H22F3N5O5. The average Bonchev–Trinajstić information content (AvgIpc) is 3.54. The van der Waals surface area contributed by atoms with Gasteiger partial charge in [0.15, 0.2) is 11.6 Å². The maximum Gasteiger partial charge on any atom is 0.490 e. The molecule has 0 aliphatic carbocycles. The fraction of sp³-hybridized carbons (Fsp3) is 0.429. The van der Waals surface area contributed by atoms with Crippen LogP contribution in [0, 0.1) is 0 Å². The van der Waals surface area contributed by atoms with Crippen molar-refractivity contribution in [3.8, 4) is 11.6 Å². The lowest BCUT2D eigenvalue weighted by molar-refractivity contribution is -0.192. The molecule has 1 saturated heterocycles. The summed E-state index contributed by atoms with van der Waals surface area (Å²) in [5, 5.41) is 16.0. The lowest BCUT2D eigenvalue weighted by Gasteiger charge is -2.48. The van der Waals surface area contributed by atoms with Crippen LogP contribution in [0.3, 0.4) is 0 Å². The number of likely N-dealkylation sites (N-methyl/N-ethyl adjacent to an activating group) is 1. The first-order valence-electron chi connectivity index (χ1n) is 10.4. The van der Waals surface area contributed by atoms with Crippen LogP contribution < -0.4 is 0 Å². The van der Waals surface area contributed by atoms with Crippen LogP contribution in [0.4, 0.5) is 13.2 Å². The van der Waals surface area contributed by atoms with Crippen LogP contribution in [-0.2, 0) is 16.9 Å². The summed E-state index contributed by atoms with van der Waals surface area (Å²) in [6.45, 7) is 3.03. The molecule has 1 spiro atoms. The van der Waals surface area contributed by atoms with Crippen molar-refractivity contribution in [2.75, 3.05) is 26.7 Å². The summed E-state index contributed by atoms with van der Waals surface area (Å²) in [6, 6.07) is 5.50. The number of halogens is 3. The van der Waals surface area contributed by atoms with Gasteiger partial charge in [-0.05, 0) is 38.1 Å². The molecule has 2 aliphatic rings. The van der Waals surface area contributed by atoms with Gasteiger partial charge in [-0.15, -0.1) is 10.2 Å². The summed E-state index contributed by atoms with van der Waals surface area (Å²) in [6.07, 6.45) is 1.31. The van der Waals surface area contributed by atoms with Crippen molar-refractivity contribution in [1.29, 1.82) is 0 Å². The van der Waals surface area contributed by atoms with Crippen molar-refractivity contribution in [1.82, 2.24) is 24.6 Å². The Balaban J connectivity index is 0.000000344. The molecule has 5 heterocycles. The molecule has 0 aromatic carbocycles. The third-order valence-corrected chi connectivity index (χ3v) is 5.91. The number of aromatic nitrogens is 3. The number of nitrogens with zero attached hydrogens (tertiary/aromatic N) is 5. The van der Waals surface area contributed by atoms with E-state index in [9.17, 15) is 18.0 Å². The van der Waals surface area contributed by atoms with E-state index in [0.29, 0.717) is 18.7 Å². The second-order valence-corrected chi connectivity index (χ2v) is 8.26. The van der Waals surface area contributed by atoms with E-state index in [1.54, 1.807) is 12.3 Å². The van der Waals surface area contributed by atoms with Gasteiger partial charge >= 0.3 is 12.1 Å². The second-order valence-electron chi connectivity index (χ2n) is 8.26. The largest absolute Gasteiger partial charge is 0.490 e. The normalized spacial score (nSPS) is 17.7. The van der Waals surface area contributed by atoms with E-state index in [-0.39, 0.29) is 11.4 Å². The highest BCUT2D eigenvalue weighted by Crippen LogP contribution is 2.39. The summed E-state index contributed by atoms with van der Waals surface area (Å²) < 4.78 is 44.7. The number of aliphatic carboxylic acids is 1. The van der Waals surface area contributed by atoms with E-state index in [2.05, 4.69) is 26.7 Å². The van der Waals surface area contributed by atoms with Gasteiger partial charge in [-0.1, -0.05) is 0 Å². The molecule has 3 aromatic heterocycles. The molecule has 0 radical (unpaired) electrons. The molecule has 0 bridgehead atoms. The number of carbonyl (C=O) groups is 2. The number of fused-ring (bicyclic) bond motifs is 2. The number of carboxylic acids is 1. The van der Waals surface area contributed by atoms with Crippen LogP contribution in [-0.4, -0.2) is 74.4 Å². The Kier molecular flexibility index (Phi) is 6.21. The fourth-order valence-electron chi connectivity index (χ4n) is 4.43. The maximum atomic E-state index is 12.7. The van der Waals surface area contributed by atoms with Gasteiger partial charge in [-0.3, -0.25) is 14.3 Å². The van der Waals surface area contributed by atoms with Gasteiger partial charge in [0.25, 0.3) is 5.91 Å². The van der Waals surface area contributed by atoms with Gasteiger partial charge in [-0.25, -0.2) is 4.79 Å². The number of furan rings is 2. The monoisotopic (exact) mass is 481 g/mol. The first kappa shape index (κ1) is 23.5. The molecule has 3 aromatic rings. The van der Waals surface area contributed by atoms with Crippen molar-refractivity contribution in [3.63, 3.8) is 0 Å². The van der Waals surface area contributed by atoms with Gasteiger partial charge in [0.05, 0.1) is 30.2 Å². The zero-order chi connectivity index (χ0) is 24.5. The third kappa shape index (κ3) is 4.55. The average molecular weight is 481 g/mol. The zero-order valence-electron chi connectivity index (χ0n) is 18.2. The minimum Gasteiger partial charge on any atom is -0.475 e. The van der Waals surface area contributed by atoms with Gasteiger partial charge in [0.1, 0.15) is 12.1 Å². The number of carbonyl (C=O) groups excluding carboxylic acids is 1. The standard InChI is InChI=1S/C19H21N5O3.C2HF3O2/c1-22-11-16-20-21-17(15-3-2-9-27-15)24(16)19(13-22)5-7-23(8-6-19)18(25)14-4-10-26-12-14;3-2(4,5)1(6)7/h2-4,9-10,12H,5-8,11,13H2,1H3;(H,6,7). The van der Waals surface area contributed by atoms with Gasteiger partial charge < -0.3 is 18.8 Å². The van der Waals surface area contributed by atoms with Crippen molar-refractivity contribution >= 4 is 11.9 Å². The minimum absolute atomic E-state index is 0.0259. The van der Waals surface area contributed by atoms with Crippen LogP contribution in [0.2, 0.25) is 0 Å². The Hall–Kier alpha value is -3.61. The topological polar surface area (TPSA) is 118 Å². The second kappa shape index (κ2) is 8.97. The van der Waals surface area contributed by atoms with E-state index in [1.807, 2.05) is 17.0 Å². The van der Waals surface area contributed by atoms with Gasteiger partial charge in [-0.2, -0.15) is 13.2 Å². The number of amides is 1. The zero-order valence-corrected chi connectivity index (χ0v) is 18.2. The summed E-state index contributed by atoms with van der Waals surface area (Å²) in [5.41, 5.74) is 0.467. The Morgan fingerprint density at radius 1 is 1.15 bits per heavy atom. The first-order valence-corrected chi connectivity index (χ1v) is 10.4. The summed E-state index contributed by atoms with van der Waals surface area (Å²) >= 11 is 0. The molecular weight excluding hydrogens is 459 g/mol. The summed E-state index contributed by atoms with van der Waals surface area (Å²) in [5.74, 6) is -0.275. The maximum absolute atomic E-state index is 12.7. The molecule has 10 nitrogen and oxygen atoms in total. The van der Waals surface area contributed by atoms with Crippen LogP contribution in [0.15, 0.2) is 45.8 Å². The van der Waals surface area contributed by atoms with E-state index in [1.165, 1.54) is 12.5 Å². The van der Waals surface area contributed by atoms with Crippen LogP contribution in [0.5, 0.6) is 0 Å². The van der Waals surface area contributed by atoms with Crippen LogP contribution in [0.1, 0.15) is 29.0 Å². The van der Waals surface area contributed by atoms with Gasteiger partial charge in [0.2, 0.25) is 0 Å². The third-order valence-electron chi connectivity index (χ3n) is 5.91. The molecule has 2 aliphatic heterocycles. The Labute approximate surface area is 191 Å². The molecule has 1 amide bonds. The van der Waals surface area contributed by atoms with Crippen molar-refractivity contribution in [2.45, 2.75) is 31.1 Å². The Morgan fingerprint density at radius 2 is 1.85 bits per heavy atom. The van der Waals surface area contributed by atoms with E-state index < -0.39 is 12.1 Å². The Morgan fingerprint density at radius 3 is 2.41 bits per heavy atom. The molecule has 1 fully saturated rings. The Bertz CT molecular complexity index is 1130. The number of alkyl halides is 3. The number of hydrogen-bond donors (Lipinski definition) is 1. The molecule has 13 heteroatoms. The predicted octanol–water partition coefficient (Wildman–Crippen LogP) is 2.84. The first-order chi connectivity index (χ1) is 16.1. The van der Waals surface area contributed by atoms with E-state index in [4.69, 9.17) is 18.7 Å². The number of rotatable bonds is 2. The summed E-state index contributed by atoms with van der Waals surface area (Å²) in [4.78, 5) is 25.7. The molecule has 5 rings (SSSR count). The van der Waals surface area contributed by atoms with Crippen LogP contribution >= 0.6 is 0 Å². The molecule has 0 atom stereocenters. The lowest BCUT2D eigenvalue weighted by Crippen LogP contribution is -2.56. The molecule has 0 saturated carbocycles. The highest BCUT2D eigenvalue weighted by Gasteiger charge is 2.44. The van der Waals surface area contributed by atoms with Crippen molar-refractivity contribution < 1.29 is 36.7 Å². The summed E-state index contributed by atoms with van der Waals surface area (Å²) in [7, 11) is 2.11. The molecule has 182 valence electrons. The van der Waals surface area contributed by atoms with Crippen LogP contribution in [0.25, 0.3) is 11.6 Å². The smallest absolute Gasteiger partial charge is 0.475 e. The van der Waals surface area contributed by atoms with E-state index in [0.717, 1.165) is 43.3 Å². The SMILES string of the molecule is CN1Cc2nnc(-c3ccco3)n2C2(CCN(C(=O)c3ccoc3)CC2)C1.O=C(O)C(F)(F)F. The van der Waals surface area contributed by atoms with Crippen molar-refractivity contribution in [3.05, 3.63) is 48.4 Å². The molecule has 34 heavy (non-hydrogen) atoms. The highest BCUT2D eigenvalue weighted by atomic mass is 19.4. The number of carboxylic acid groups (broad SMARTS) is 1. The lowest BCUT2D eigenvalue weighted by atomic mass is 9.84. The predicted molar refractivity (Wildman–Crippen MR) is 110 cm³/mol.